The minimum absolute atomic E-state index is 0.286. The maximum atomic E-state index is 12.0. The molecule has 0 aromatic heterocycles. The normalized spacial score (nSPS) is 10.3. The molecule has 0 N–H and O–H groups in total. The van der Waals surface area contributed by atoms with Crippen molar-refractivity contribution < 1.29 is 9.53 Å². The zero-order chi connectivity index (χ0) is 16.1. The van der Waals surface area contributed by atoms with Crippen LogP contribution < -0.4 is 0 Å². The quantitative estimate of drug-likeness (QED) is 0.619. The van der Waals surface area contributed by atoms with E-state index in [9.17, 15) is 4.79 Å². The van der Waals surface area contributed by atoms with Crippen molar-refractivity contribution in [1.82, 2.24) is 0 Å². The molecule has 2 heteroatoms. The highest BCUT2D eigenvalue weighted by molar-refractivity contribution is 5.92. The van der Waals surface area contributed by atoms with Crippen molar-refractivity contribution in [3.63, 3.8) is 0 Å². The predicted molar refractivity (Wildman–Crippen MR) is 93.3 cm³/mol. The van der Waals surface area contributed by atoms with E-state index < -0.39 is 0 Å². The molecule has 0 aliphatic heterocycles. The third kappa shape index (κ3) is 3.32. The summed E-state index contributed by atoms with van der Waals surface area (Å²) < 4.78 is 5.09. The Kier molecular flexibility index (Phi) is 4.53. The smallest absolute Gasteiger partial charge is 0.338 e. The largest absolute Gasteiger partial charge is 0.462 e. The molecule has 0 fully saturated rings. The number of carbonyl (C=O) groups excluding carboxylic acids is 1. The van der Waals surface area contributed by atoms with Gasteiger partial charge in [-0.05, 0) is 41.3 Å². The van der Waals surface area contributed by atoms with E-state index in [1.807, 2.05) is 55.5 Å². The van der Waals surface area contributed by atoms with E-state index in [1.54, 1.807) is 6.07 Å². The molecule has 0 atom stereocenters. The summed E-state index contributed by atoms with van der Waals surface area (Å²) in [5, 5.41) is 0. The van der Waals surface area contributed by atoms with Gasteiger partial charge in [0.15, 0.2) is 0 Å². The zero-order valence-electron chi connectivity index (χ0n) is 13.0. The van der Waals surface area contributed by atoms with Gasteiger partial charge in [0.25, 0.3) is 0 Å². The van der Waals surface area contributed by atoms with Crippen molar-refractivity contribution in [1.29, 1.82) is 0 Å². The third-order valence-electron chi connectivity index (χ3n) is 3.70. The molecule has 0 radical (unpaired) electrons. The standard InChI is InChI=1S/C21H18O2/c1-2-23-21(22)18-12-8-11-17(15-18)20-14-7-6-13-19(20)16-9-4-3-5-10-16/h3-15H,2H2,1H3. The van der Waals surface area contributed by atoms with E-state index in [0.29, 0.717) is 12.2 Å². The Bertz CT molecular complexity index is 807. The van der Waals surface area contributed by atoms with Gasteiger partial charge in [-0.1, -0.05) is 66.7 Å². The first kappa shape index (κ1) is 15.0. The fraction of sp³-hybridized carbons (Fsp3) is 0.0952. The molecule has 0 unspecified atom stereocenters. The highest BCUT2D eigenvalue weighted by atomic mass is 16.5. The lowest BCUT2D eigenvalue weighted by Crippen LogP contribution is -2.04. The number of hydrogen-bond acceptors (Lipinski definition) is 2. The van der Waals surface area contributed by atoms with Gasteiger partial charge in [-0.3, -0.25) is 0 Å². The highest BCUT2D eigenvalue weighted by Crippen LogP contribution is 2.32. The predicted octanol–water partition coefficient (Wildman–Crippen LogP) is 5.20. The van der Waals surface area contributed by atoms with Crippen molar-refractivity contribution >= 4 is 5.97 Å². The van der Waals surface area contributed by atoms with Crippen molar-refractivity contribution in [2.24, 2.45) is 0 Å². The lowest BCUT2D eigenvalue weighted by Gasteiger charge is -2.11. The fourth-order valence-electron chi connectivity index (χ4n) is 2.63. The SMILES string of the molecule is CCOC(=O)c1cccc(-c2ccccc2-c2ccccc2)c1. The Morgan fingerprint density at radius 3 is 2.09 bits per heavy atom. The number of ether oxygens (including phenoxy) is 1. The Labute approximate surface area is 136 Å². The molecular formula is C21H18O2. The van der Waals surface area contributed by atoms with E-state index in [0.717, 1.165) is 22.3 Å². The first-order valence-corrected chi connectivity index (χ1v) is 7.71. The van der Waals surface area contributed by atoms with Gasteiger partial charge >= 0.3 is 5.97 Å². The van der Waals surface area contributed by atoms with Gasteiger partial charge in [-0.2, -0.15) is 0 Å². The fourth-order valence-corrected chi connectivity index (χ4v) is 2.63. The summed E-state index contributed by atoms with van der Waals surface area (Å²) in [7, 11) is 0. The summed E-state index contributed by atoms with van der Waals surface area (Å²) in [6.45, 7) is 2.19. The molecule has 0 bridgehead atoms. The summed E-state index contributed by atoms with van der Waals surface area (Å²) in [6, 6.07) is 26.0. The van der Waals surface area contributed by atoms with Gasteiger partial charge in [0, 0.05) is 0 Å². The topological polar surface area (TPSA) is 26.3 Å². The van der Waals surface area contributed by atoms with Crippen LogP contribution in [0.1, 0.15) is 17.3 Å². The van der Waals surface area contributed by atoms with Gasteiger partial charge in [-0.25, -0.2) is 4.79 Å². The van der Waals surface area contributed by atoms with Crippen LogP contribution in [0.4, 0.5) is 0 Å². The summed E-state index contributed by atoms with van der Waals surface area (Å²) in [5.41, 5.74) is 4.99. The molecule has 0 saturated carbocycles. The van der Waals surface area contributed by atoms with Crippen LogP contribution in [0.15, 0.2) is 78.9 Å². The maximum Gasteiger partial charge on any atom is 0.338 e. The molecule has 0 aliphatic carbocycles. The molecule has 3 rings (SSSR count). The Balaban J connectivity index is 2.06. The minimum Gasteiger partial charge on any atom is -0.462 e. The Hall–Kier alpha value is -2.87. The summed E-state index contributed by atoms with van der Waals surface area (Å²) in [5.74, 6) is -0.286. The molecule has 0 spiro atoms. The zero-order valence-corrected chi connectivity index (χ0v) is 13.0. The Morgan fingerprint density at radius 1 is 0.783 bits per heavy atom. The van der Waals surface area contributed by atoms with Crippen LogP contribution in [0.3, 0.4) is 0 Å². The van der Waals surface area contributed by atoms with Crippen molar-refractivity contribution in [2.45, 2.75) is 6.92 Å². The molecule has 114 valence electrons. The van der Waals surface area contributed by atoms with Crippen LogP contribution in [0.25, 0.3) is 22.3 Å². The second-order valence-electron chi connectivity index (χ2n) is 5.21. The number of benzene rings is 3. The minimum atomic E-state index is -0.286. The van der Waals surface area contributed by atoms with Crippen molar-refractivity contribution in [3.05, 3.63) is 84.4 Å². The van der Waals surface area contributed by atoms with Crippen LogP contribution in [0.5, 0.6) is 0 Å². The van der Waals surface area contributed by atoms with Gasteiger partial charge in [-0.15, -0.1) is 0 Å². The van der Waals surface area contributed by atoms with Gasteiger partial charge < -0.3 is 4.74 Å². The van der Waals surface area contributed by atoms with Crippen LogP contribution >= 0.6 is 0 Å². The Morgan fingerprint density at radius 2 is 1.39 bits per heavy atom. The van der Waals surface area contributed by atoms with Crippen LogP contribution in [-0.4, -0.2) is 12.6 Å². The van der Waals surface area contributed by atoms with E-state index in [2.05, 4.69) is 24.3 Å². The van der Waals surface area contributed by atoms with Crippen LogP contribution in [-0.2, 0) is 4.74 Å². The third-order valence-corrected chi connectivity index (χ3v) is 3.70. The molecule has 3 aromatic carbocycles. The van der Waals surface area contributed by atoms with Crippen LogP contribution in [0.2, 0.25) is 0 Å². The highest BCUT2D eigenvalue weighted by Gasteiger charge is 2.10. The molecule has 0 aliphatic rings. The first-order chi connectivity index (χ1) is 11.3. The molecule has 0 amide bonds. The molecule has 0 heterocycles. The van der Waals surface area contributed by atoms with Gasteiger partial charge in [0.05, 0.1) is 12.2 Å². The second-order valence-corrected chi connectivity index (χ2v) is 5.21. The molecule has 3 aromatic rings. The van der Waals surface area contributed by atoms with E-state index in [-0.39, 0.29) is 5.97 Å². The number of hydrogen-bond donors (Lipinski definition) is 0. The maximum absolute atomic E-state index is 12.0. The second kappa shape index (κ2) is 6.93. The van der Waals surface area contributed by atoms with Crippen molar-refractivity contribution in [2.75, 3.05) is 6.61 Å². The average Bonchev–Trinajstić information content (AvgIpc) is 2.63. The molecule has 0 saturated heterocycles. The molecule has 2 nitrogen and oxygen atoms in total. The lowest BCUT2D eigenvalue weighted by atomic mass is 9.94. The van der Waals surface area contributed by atoms with E-state index in [4.69, 9.17) is 4.74 Å². The van der Waals surface area contributed by atoms with E-state index in [1.165, 1.54) is 0 Å². The summed E-state index contributed by atoms with van der Waals surface area (Å²) >= 11 is 0. The first-order valence-electron chi connectivity index (χ1n) is 7.71. The molecular weight excluding hydrogens is 284 g/mol. The lowest BCUT2D eigenvalue weighted by molar-refractivity contribution is 0.0526. The van der Waals surface area contributed by atoms with Gasteiger partial charge in [0.2, 0.25) is 0 Å². The monoisotopic (exact) mass is 302 g/mol. The number of carbonyl (C=O) groups is 1. The molecule has 23 heavy (non-hydrogen) atoms. The van der Waals surface area contributed by atoms with Crippen molar-refractivity contribution in [3.8, 4) is 22.3 Å². The summed E-state index contributed by atoms with van der Waals surface area (Å²) in [6.07, 6.45) is 0. The number of rotatable bonds is 4. The number of esters is 1. The average molecular weight is 302 g/mol. The summed E-state index contributed by atoms with van der Waals surface area (Å²) in [4.78, 5) is 12.0. The van der Waals surface area contributed by atoms with E-state index >= 15 is 0 Å². The van der Waals surface area contributed by atoms with Gasteiger partial charge in [0.1, 0.15) is 0 Å². The van der Waals surface area contributed by atoms with Crippen LogP contribution in [0, 0.1) is 0 Å².